The number of rotatable bonds is 4. The molecule has 1 aliphatic carbocycles. The van der Waals surface area contributed by atoms with Crippen LogP contribution in [0.15, 0.2) is 0 Å². The maximum Gasteiger partial charge on any atom is 0.0867 e. The molecule has 0 aliphatic heterocycles. The molecule has 0 aromatic rings. The third kappa shape index (κ3) is 3.52. The summed E-state index contributed by atoms with van der Waals surface area (Å²) in [5.74, 6) is 1.46. The van der Waals surface area contributed by atoms with E-state index in [4.69, 9.17) is 4.74 Å². The smallest absolute Gasteiger partial charge is 0.0867 e. The molecule has 0 unspecified atom stereocenters. The van der Waals surface area contributed by atoms with Gasteiger partial charge in [0.1, 0.15) is 0 Å². The summed E-state index contributed by atoms with van der Waals surface area (Å²) in [5.41, 5.74) is 0. The lowest BCUT2D eigenvalue weighted by Gasteiger charge is -2.03. The molecule has 1 aliphatic rings. The lowest BCUT2D eigenvalue weighted by molar-refractivity contribution is 0.157. The number of hydrogen-bond donors (Lipinski definition) is 0. The van der Waals surface area contributed by atoms with Crippen molar-refractivity contribution < 1.29 is 4.74 Å². The van der Waals surface area contributed by atoms with Crippen molar-refractivity contribution in [2.45, 2.75) is 26.7 Å². The average molecular weight is 127 g/mol. The van der Waals surface area contributed by atoms with Gasteiger partial charge in [-0.3, -0.25) is 0 Å². The van der Waals surface area contributed by atoms with Crippen LogP contribution in [0.2, 0.25) is 0 Å². The predicted octanol–water partition coefficient (Wildman–Crippen LogP) is 2.23. The van der Waals surface area contributed by atoms with E-state index in [0.717, 1.165) is 12.5 Å². The van der Waals surface area contributed by atoms with E-state index in [-0.39, 0.29) is 0 Å². The standard InChI is InChI=1S/C8H15O/c1-7(2)5-9-6-8-3-4-8/h6-8H,3-5H2,1-2H3. The van der Waals surface area contributed by atoms with Crippen LogP contribution in [0.4, 0.5) is 0 Å². The Hall–Kier alpha value is -0.0400. The molecule has 9 heavy (non-hydrogen) atoms. The Morgan fingerprint density at radius 1 is 1.56 bits per heavy atom. The SMILES string of the molecule is CC(C)CO[CH]C1CC1. The molecule has 1 fully saturated rings. The molecule has 0 saturated heterocycles. The van der Waals surface area contributed by atoms with Crippen LogP contribution in [0, 0.1) is 18.4 Å². The van der Waals surface area contributed by atoms with Gasteiger partial charge in [-0.05, 0) is 24.7 Å². The van der Waals surface area contributed by atoms with Crippen molar-refractivity contribution in [3.8, 4) is 0 Å². The maximum atomic E-state index is 5.29. The second-order valence-electron chi connectivity index (χ2n) is 3.20. The van der Waals surface area contributed by atoms with Crippen LogP contribution in [-0.2, 0) is 4.74 Å². The van der Waals surface area contributed by atoms with E-state index >= 15 is 0 Å². The van der Waals surface area contributed by atoms with Gasteiger partial charge in [0.05, 0.1) is 6.61 Å². The van der Waals surface area contributed by atoms with E-state index in [0.29, 0.717) is 5.92 Å². The summed E-state index contributed by atoms with van der Waals surface area (Å²) < 4.78 is 5.29. The molecule has 0 aromatic heterocycles. The van der Waals surface area contributed by atoms with Crippen LogP contribution >= 0.6 is 0 Å². The van der Waals surface area contributed by atoms with E-state index in [1.165, 1.54) is 12.8 Å². The van der Waals surface area contributed by atoms with Crippen molar-refractivity contribution in [3.63, 3.8) is 0 Å². The van der Waals surface area contributed by atoms with E-state index in [1.54, 1.807) is 0 Å². The van der Waals surface area contributed by atoms with Gasteiger partial charge in [0.2, 0.25) is 0 Å². The fourth-order valence-electron chi connectivity index (χ4n) is 0.616. The van der Waals surface area contributed by atoms with Crippen molar-refractivity contribution in [2.24, 2.45) is 11.8 Å². The lowest BCUT2D eigenvalue weighted by atomic mass is 10.2. The van der Waals surface area contributed by atoms with Gasteiger partial charge in [-0.1, -0.05) is 13.8 Å². The van der Waals surface area contributed by atoms with Crippen LogP contribution < -0.4 is 0 Å². The highest BCUT2D eigenvalue weighted by Crippen LogP contribution is 2.31. The van der Waals surface area contributed by atoms with E-state index in [1.807, 2.05) is 6.61 Å². The van der Waals surface area contributed by atoms with Crippen molar-refractivity contribution >= 4 is 0 Å². The predicted molar refractivity (Wildman–Crippen MR) is 37.8 cm³/mol. The molecular weight excluding hydrogens is 112 g/mol. The van der Waals surface area contributed by atoms with Gasteiger partial charge in [-0.25, -0.2) is 0 Å². The van der Waals surface area contributed by atoms with Gasteiger partial charge in [0.15, 0.2) is 0 Å². The minimum absolute atomic E-state index is 0.667. The maximum absolute atomic E-state index is 5.29. The zero-order valence-electron chi connectivity index (χ0n) is 6.26. The zero-order valence-corrected chi connectivity index (χ0v) is 6.26. The second kappa shape index (κ2) is 3.21. The normalized spacial score (nSPS) is 19.0. The van der Waals surface area contributed by atoms with E-state index < -0.39 is 0 Å². The highest BCUT2D eigenvalue weighted by molar-refractivity contribution is 4.80. The molecule has 0 bridgehead atoms. The lowest BCUT2D eigenvalue weighted by Crippen LogP contribution is -1.99. The van der Waals surface area contributed by atoms with Crippen molar-refractivity contribution in [1.82, 2.24) is 0 Å². The second-order valence-corrected chi connectivity index (χ2v) is 3.20. The molecule has 0 amide bonds. The molecule has 1 radical (unpaired) electrons. The molecule has 1 saturated carbocycles. The summed E-state index contributed by atoms with van der Waals surface area (Å²) in [5, 5.41) is 0. The number of ether oxygens (including phenoxy) is 1. The van der Waals surface area contributed by atoms with Crippen LogP contribution in [-0.4, -0.2) is 6.61 Å². The largest absolute Gasteiger partial charge is 0.375 e. The van der Waals surface area contributed by atoms with Gasteiger partial charge in [0.25, 0.3) is 0 Å². The fraction of sp³-hybridized carbons (Fsp3) is 0.875. The highest BCUT2D eigenvalue weighted by Gasteiger charge is 2.21. The van der Waals surface area contributed by atoms with Crippen LogP contribution in [0.25, 0.3) is 0 Å². The van der Waals surface area contributed by atoms with Crippen LogP contribution in [0.1, 0.15) is 26.7 Å². The van der Waals surface area contributed by atoms with Crippen LogP contribution in [0.5, 0.6) is 0 Å². The molecular formula is C8H15O. The van der Waals surface area contributed by atoms with Crippen molar-refractivity contribution in [1.29, 1.82) is 0 Å². The molecule has 0 aromatic carbocycles. The van der Waals surface area contributed by atoms with Gasteiger partial charge >= 0.3 is 0 Å². The topological polar surface area (TPSA) is 9.23 Å². The Balaban J connectivity index is 1.81. The first-order valence-corrected chi connectivity index (χ1v) is 3.74. The highest BCUT2D eigenvalue weighted by atomic mass is 16.5. The molecule has 1 rings (SSSR count). The summed E-state index contributed by atoms with van der Waals surface area (Å²) in [7, 11) is 0. The zero-order chi connectivity index (χ0) is 6.69. The third-order valence-electron chi connectivity index (χ3n) is 1.34. The van der Waals surface area contributed by atoms with E-state index in [2.05, 4.69) is 13.8 Å². The summed E-state index contributed by atoms with van der Waals surface area (Å²) in [6.45, 7) is 7.22. The Kier molecular flexibility index (Phi) is 2.52. The molecule has 1 heteroatoms. The Labute approximate surface area is 57.4 Å². The summed E-state index contributed by atoms with van der Waals surface area (Å²) in [6.07, 6.45) is 2.69. The molecule has 53 valence electrons. The molecule has 1 nitrogen and oxygen atoms in total. The van der Waals surface area contributed by atoms with Crippen LogP contribution in [0.3, 0.4) is 0 Å². The summed E-state index contributed by atoms with van der Waals surface area (Å²) in [6, 6.07) is 0. The molecule has 0 atom stereocenters. The van der Waals surface area contributed by atoms with Gasteiger partial charge in [-0.2, -0.15) is 0 Å². The Morgan fingerprint density at radius 3 is 2.67 bits per heavy atom. The fourth-order valence-corrected chi connectivity index (χ4v) is 0.616. The monoisotopic (exact) mass is 127 g/mol. The minimum atomic E-state index is 0.667. The van der Waals surface area contributed by atoms with Gasteiger partial charge < -0.3 is 4.74 Å². The van der Waals surface area contributed by atoms with Gasteiger partial charge in [0, 0.05) is 6.61 Å². The first-order valence-electron chi connectivity index (χ1n) is 3.74. The van der Waals surface area contributed by atoms with E-state index in [9.17, 15) is 0 Å². The third-order valence-corrected chi connectivity index (χ3v) is 1.34. The first kappa shape index (κ1) is 7.07. The summed E-state index contributed by atoms with van der Waals surface area (Å²) in [4.78, 5) is 0. The quantitative estimate of drug-likeness (QED) is 0.562. The average Bonchev–Trinajstić information content (AvgIpc) is 2.48. The van der Waals surface area contributed by atoms with Gasteiger partial charge in [-0.15, -0.1) is 0 Å². The van der Waals surface area contributed by atoms with Crippen molar-refractivity contribution in [2.75, 3.05) is 6.61 Å². The first-order chi connectivity index (χ1) is 4.29. The summed E-state index contributed by atoms with van der Waals surface area (Å²) >= 11 is 0. The van der Waals surface area contributed by atoms with Crippen molar-refractivity contribution in [3.05, 3.63) is 6.61 Å². The number of hydrogen-bond acceptors (Lipinski definition) is 1. The Morgan fingerprint density at radius 2 is 2.22 bits per heavy atom. The molecule has 0 spiro atoms. The Bertz CT molecular complexity index is 72.6. The molecule has 0 heterocycles. The minimum Gasteiger partial charge on any atom is -0.375 e. The molecule has 0 N–H and O–H groups in total.